The average molecular weight is 226 g/mol. The lowest BCUT2D eigenvalue weighted by atomic mass is 9.77. The van der Waals surface area contributed by atoms with Gasteiger partial charge in [-0.05, 0) is 31.9 Å². The molecule has 2 rings (SSSR count). The number of halogens is 1. The number of aromatic nitrogens is 1. The van der Waals surface area contributed by atoms with Crippen LogP contribution in [-0.4, -0.2) is 12.0 Å². The number of anilines is 1. The monoisotopic (exact) mass is 225 g/mol. The average Bonchev–Trinajstić information content (AvgIpc) is 2.15. The number of nitrogen functional groups attached to an aromatic ring is 1. The molecule has 0 amide bonds. The summed E-state index contributed by atoms with van der Waals surface area (Å²) in [5.74, 6) is 1.27. The van der Waals surface area contributed by atoms with Gasteiger partial charge in [0.15, 0.2) is 0 Å². The van der Waals surface area contributed by atoms with Gasteiger partial charge in [0.2, 0.25) is 0 Å². The zero-order valence-corrected chi connectivity index (χ0v) is 9.59. The first-order chi connectivity index (χ1) is 7.22. The number of hydrogen-bond donors (Lipinski definition) is 2. The molecule has 0 saturated heterocycles. The van der Waals surface area contributed by atoms with Gasteiger partial charge in [0.05, 0.1) is 5.02 Å². The molecule has 1 atom stereocenters. The molecule has 0 radical (unpaired) electrons. The molecule has 1 aliphatic rings. The predicted octanol–water partition coefficient (Wildman–Crippen LogP) is 2.38. The smallest absolute Gasteiger partial charge is 0.128 e. The summed E-state index contributed by atoms with van der Waals surface area (Å²) < 4.78 is 0. The number of hydrogen-bond acceptors (Lipinski definition) is 3. The van der Waals surface area contributed by atoms with Crippen LogP contribution in [0.4, 0.5) is 5.82 Å². The summed E-state index contributed by atoms with van der Waals surface area (Å²) >= 11 is 5.94. The Bertz CT molecular complexity index is 350. The third kappa shape index (κ3) is 2.08. The molecule has 1 aliphatic carbocycles. The lowest BCUT2D eigenvalue weighted by molar-refractivity contribution is 0.239. The molecule has 82 valence electrons. The van der Waals surface area contributed by atoms with E-state index in [-0.39, 0.29) is 0 Å². The van der Waals surface area contributed by atoms with Crippen molar-refractivity contribution in [3.05, 3.63) is 22.8 Å². The summed E-state index contributed by atoms with van der Waals surface area (Å²) in [6.45, 7) is 0. The van der Waals surface area contributed by atoms with Crippen molar-refractivity contribution in [3.8, 4) is 0 Å². The molecular weight excluding hydrogens is 210 g/mol. The van der Waals surface area contributed by atoms with Gasteiger partial charge in [0, 0.05) is 17.8 Å². The van der Waals surface area contributed by atoms with E-state index in [1.54, 1.807) is 6.20 Å². The van der Waals surface area contributed by atoms with E-state index in [2.05, 4.69) is 10.3 Å². The molecule has 3 N–H and O–H groups in total. The molecule has 0 bridgehead atoms. The number of rotatable bonds is 3. The Hall–Kier alpha value is -0.800. The van der Waals surface area contributed by atoms with Crippen LogP contribution >= 0.6 is 11.6 Å². The van der Waals surface area contributed by atoms with Crippen LogP contribution in [0, 0.1) is 5.92 Å². The molecule has 1 saturated carbocycles. The van der Waals surface area contributed by atoms with Crippen LogP contribution in [0.3, 0.4) is 0 Å². The second kappa shape index (κ2) is 4.37. The Kier molecular flexibility index (Phi) is 3.12. The number of nitrogens with one attached hydrogen (secondary N) is 1. The topological polar surface area (TPSA) is 50.9 Å². The summed E-state index contributed by atoms with van der Waals surface area (Å²) in [6, 6.07) is 2.22. The fourth-order valence-electron chi connectivity index (χ4n) is 2.13. The molecule has 1 heterocycles. The second-order valence-electron chi connectivity index (χ2n) is 4.09. The maximum Gasteiger partial charge on any atom is 0.128 e. The highest BCUT2D eigenvalue weighted by Gasteiger charge is 2.28. The molecule has 15 heavy (non-hydrogen) atoms. The molecule has 1 aromatic heterocycles. The van der Waals surface area contributed by atoms with E-state index in [0.717, 1.165) is 5.56 Å². The van der Waals surface area contributed by atoms with Crippen LogP contribution in [-0.2, 0) is 0 Å². The van der Waals surface area contributed by atoms with Gasteiger partial charge in [-0.15, -0.1) is 0 Å². The largest absolute Gasteiger partial charge is 0.383 e. The molecule has 4 heteroatoms. The van der Waals surface area contributed by atoms with E-state index in [1.165, 1.54) is 19.3 Å². The Morgan fingerprint density at radius 3 is 2.87 bits per heavy atom. The van der Waals surface area contributed by atoms with Gasteiger partial charge in [0.1, 0.15) is 5.82 Å². The minimum atomic E-state index is 0.296. The number of pyridine rings is 1. The van der Waals surface area contributed by atoms with Crippen LogP contribution in [0.25, 0.3) is 0 Å². The van der Waals surface area contributed by atoms with E-state index >= 15 is 0 Å². The highest BCUT2D eigenvalue weighted by molar-refractivity contribution is 6.30. The zero-order chi connectivity index (χ0) is 10.8. The zero-order valence-electron chi connectivity index (χ0n) is 8.83. The Balaban J connectivity index is 2.28. The van der Waals surface area contributed by atoms with Crippen molar-refractivity contribution >= 4 is 17.4 Å². The molecule has 0 aliphatic heterocycles. The summed E-state index contributed by atoms with van der Waals surface area (Å²) in [4.78, 5) is 4.09. The SMILES string of the molecule is CNC(c1cc(Cl)cnc1N)C1CCC1. The Labute approximate surface area is 95.0 Å². The van der Waals surface area contributed by atoms with Gasteiger partial charge >= 0.3 is 0 Å². The van der Waals surface area contributed by atoms with Crippen molar-refractivity contribution in [2.75, 3.05) is 12.8 Å². The lowest BCUT2D eigenvalue weighted by Crippen LogP contribution is -2.30. The number of nitrogens with two attached hydrogens (primary N) is 1. The van der Waals surface area contributed by atoms with E-state index < -0.39 is 0 Å². The van der Waals surface area contributed by atoms with Gasteiger partial charge in [0.25, 0.3) is 0 Å². The summed E-state index contributed by atoms with van der Waals surface area (Å²) in [7, 11) is 1.96. The van der Waals surface area contributed by atoms with Crippen molar-refractivity contribution in [1.82, 2.24) is 10.3 Å². The normalized spacial score (nSPS) is 18.5. The van der Waals surface area contributed by atoms with Gasteiger partial charge in [-0.2, -0.15) is 0 Å². The fourth-order valence-corrected chi connectivity index (χ4v) is 2.30. The molecule has 0 spiro atoms. The minimum absolute atomic E-state index is 0.296. The first-order valence-electron chi connectivity index (χ1n) is 5.30. The lowest BCUT2D eigenvalue weighted by Gasteiger charge is -2.34. The standard InChI is InChI=1S/C11H16ClN3/c1-14-10(7-3-2-4-7)9-5-8(12)6-15-11(9)13/h5-7,10,14H,2-4H2,1H3,(H2,13,15). The maximum absolute atomic E-state index is 5.94. The summed E-state index contributed by atoms with van der Waals surface area (Å²) in [5, 5.41) is 3.96. The van der Waals surface area contributed by atoms with Crippen LogP contribution < -0.4 is 11.1 Å². The Morgan fingerprint density at radius 1 is 1.60 bits per heavy atom. The highest BCUT2D eigenvalue weighted by Crippen LogP contribution is 2.39. The van der Waals surface area contributed by atoms with Crippen LogP contribution in [0.2, 0.25) is 5.02 Å². The van der Waals surface area contributed by atoms with Crippen LogP contribution in [0.15, 0.2) is 12.3 Å². The van der Waals surface area contributed by atoms with E-state index in [1.807, 2.05) is 13.1 Å². The maximum atomic E-state index is 5.94. The van der Waals surface area contributed by atoms with Crippen molar-refractivity contribution in [2.45, 2.75) is 25.3 Å². The van der Waals surface area contributed by atoms with Crippen LogP contribution in [0.5, 0.6) is 0 Å². The molecule has 1 aromatic rings. The molecule has 1 fully saturated rings. The summed E-state index contributed by atoms with van der Waals surface area (Å²) in [5.41, 5.74) is 6.91. The van der Waals surface area contributed by atoms with Gasteiger partial charge in [-0.25, -0.2) is 4.98 Å². The third-order valence-electron chi connectivity index (χ3n) is 3.18. The van der Waals surface area contributed by atoms with E-state index in [4.69, 9.17) is 17.3 Å². The number of nitrogens with zero attached hydrogens (tertiary/aromatic N) is 1. The van der Waals surface area contributed by atoms with Crippen molar-refractivity contribution < 1.29 is 0 Å². The fraction of sp³-hybridized carbons (Fsp3) is 0.545. The first-order valence-corrected chi connectivity index (χ1v) is 5.68. The third-order valence-corrected chi connectivity index (χ3v) is 3.39. The van der Waals surface area contributed by atoms with Crippen molar-refractivity contribution in [2.24, 2.45) is 5.92 Å². The minimum Gasteiger partial charge on any atom is -0.383 e. The first kappa shape index (κ1) is 10.7. The van der Waals surface area contributed by atoms with Gasteiger partial charge < -0.3 is 11.1 Å². The van der Waals surface area contributed by atoms with E-state index in [0.29, 0.717) is 22.8 Å². The van der Waals surface area contributed by atoms with Gasteiger partial charge in [-0.3, -0.25) is 0 Å². The predicted molar refractivity (Wildman–Crippen MR) is 62.8 cm³/mol. The molecule has 1 unspecified atom stereocenters. The van der Waals surface area contributed by atoms with Crippen molar-refractivity contribution in [3.63, 3.8) is 0 Å². The second-order valence-corrected chi connectivity index (χ2v) is 4.52. The Morgan fingerprint density at radius 2 is 2.33 bits per heavy atom. The quantitative estimate of drug-likeness (QED) is 0.831. The van der Waals surface area contributed by atoms with Gasteiger partial charge in [-0.1, -0.05) is 18.0 Å². The van der Waals surface area contributed by atoms with Crippen molar-refractivity contribution in [1.29, 1.82) is 0 Å². The molecule has 3 nitrogen and oxygen atoms in total. The highest BCUT2D eigenvalue weighted by atomic mass is 35.5. The summed E-state index contributed by atoms with van der Waals surface area (Å²) in [6.07, 6.45) is 5.43. The van der Waals surface area contributed by atoms with Crippen LogP contribution in [0.1, 0.15) is 30.9 Å². The molecular formula is C11H16ClN3. The van der Waals surface area contributed by atoms with E-state index in [9.17, 15) is 0 Å². The molecule has 0 aromatic carbocycles.